The lowest BCUT2D eigenvalue weighted by atomic mass is 10.0. The van der Waals surface area contributed by atoms with Gasteiger partial charge in [-0.1, -0.05) is 18.2 Å². The number of fused-ring (bicyclic) bond motifs is 1. The molecular formula is C26H31N7O7. The number of hydrogen-bond donors (Lipinski definition) is 8. The Labute approximate surface area is 228 Å². The molecule has 8 N–H and O–H groups in total. The Kier molecular flexibility index (Phi) is 9.11. The molecule has 40 heavy (non-hydrogen) atoms. The van der Waals surface area contributed by atoms with Crippen LogP contribution in [-0.2, 0) is 36.8 Å². The van der Waals surface area contributed by atoms with Crippen LogP contribution in [0.3, 0.4) is 0 Å². The van der Waals surface area contributed by atoms with Crippen LogP contribution in [0.1, 0.15) is 30.5 Å². The molecule has 0 saturated carbocycles. The number of carbonyl (C=O) groups is 5. The fourth-order valence-corrected chi connectivity index (χ4v) is 4.66. The largest absolute Gasteiger partial charge is 0.481 e. The number of imidazole rings is 1. The van der Waals surface area contributed by atoms with Crippen LogP contribution in [0, 0.1) is 0 Å². The van der Waals surface area contributed by atoms with Crippen molar-refractivity contribution in [1.29, 1.82) is 0 Å². The van der Waals surface area contributed by atoms with Gasteiger partial charge in [-0.3, -0.25) is 19.2 Å². The van der Waals surface area contributed by atoms with Crippen LogP contribution in [0.5, 0.6) is 0 Å². The molecule has 212 valence electrons. The summed E-state index contributed by atoms with van der Waals surface area (Å²) in [4.78, 5) is 72.4. The molecule has 1 aliphatic heterocycles. The third-order valence-corrected chi connectivity index (χ3v) is 6.71. The van der Waals surface area contributed by atoms with Crippen LogP contribution in [0.4, 0.5) is 0 Å². The van der Waals surface area contributed by atoms with Gasteiger partial charge in [0.25, 0.3) is 0 Å². The van der Waals surface area contributed by atoms with Crippen LogP contribution in [-0.4, -0.2) is 85.5 Å². The van der Waals surface area contributed by atoms with E-state index in [0.29, 0.717) is 18.7 Å². The smallest absolute Gasteiger partial charge is 0.326 e. The van der Waals surface area contributed by atoms with Crippen LogP contribution in [0.15, 0.2) is 43.0 Å². The van der Waals surface area contributed by atoms with Crippen molar-refractivity contribution in [1.82, 2.24) is 36.2 Å². The second kappa shape index (κ2) is 12.9. The molecule has 1 aromatic carbocycles. The molecule has 4 atom stereocenters. The Balaban J connectivity index is 1.52. The topological polar surface area (TPSA) is 218 Å². The third kappa shape index (κ3) is 7.22. The molecule has 4 rings (SSSR count). The quantitative estimate of drug-likeness (QED) is 0.136. The van der Waals surface area contributed by atoms with E-state index in [2.05, 4.69) is 36.2 Å². The SMILES string of the molecule is O=C(O)CC(NC(=O)C(Cc1c[nH]c2ccccc12)NC(=O)C1CCCN1)C(=O)NC(Cc1cnc[nH]1)C(=O)O. The van der Waals surface area contributed by atoms with Gasteiger partial charge in [-0.05, 0) is 31.0 Å². The number of benzene rings is 1. The van der Waals surface area contributed by atoms with Gasteiger partial charge in [0.05, 0.1) is 18.8 Å². The number of carbonyl (C=O) groups excluding carboxylic acids is 3. The zero-order valence-electron chi connectivity index (χ0n) is 21.5. The normalized spacial score (nSPS) is 17.1. The maximum Gasteiger partial charge on any atom is 0.326 e. The van der Waals surface area contributed by atoms with Crippen molar-refractivity contribution in [3.8, 4) is 0 Å². The maximum atomic E-state index is 13.5. The molecule has 3 heterocycles. The highest BCUT2D eigenvalue weighted by molar-refractivity contribution is 5.96. The number of nitrogens with one attached hydrogen (secondary N) is 6. The minimum atomic E-state index is -1.60. The molecule has 0 spiro atoms. The number of H-pyrrole nitrogens is 2. The number of hydrogen-bond acceptors (Lipinski definition) is 7. The van der Waals surface area contributed by atoms with Gasteiger partial charge in [-0.15, -0.1) is 0 Å². The summed E-state index contributed by atoms with van der Waals surface area (Å²) in [7, 11) is 0. The first-order chi connectivity index (χ1) is 19.2. The van der Waals surface area contributed by atoms with Gasteiger partial charge in [0.1, 0.15) is 18.1 Å². The van der Waals surface area contributed by atoms with E-state index in [1.807, 2.05) is 24.3 Å². The van der Waals surface area contributed by atoms with Crippen molar-refractivity contribution in [2.45, 2.75) is 56.3 Å². The highest BCUT2D eigenvalue weighted by Crippen LogP contribution is 2.19. The fraction of sp³-hybridized carbons (Fsp3) is 0.385. The van der Waals surface area contributed by atoms with E-state index < -0.39 is 54.3 Å². The number of carboxylic acids is 2. The van der Waals surface area contributed by atoms with Gasteiger partial charge in [0.15, 0.2) is 0 Å². The first-order valence-electron chi connectivity index (χ1n) is 12.8. The molecule has 1 saturated heterocycles. The predicted octanol–water partition coefficient (Wildman–Crippen LogP) is -0.558. The van der Waals surface area contributed by atoms with Crippen LogP contribution < -0.4 is 21.3 Å². The average molecular weight is 554 g/mol. The van der Waals surface area contributed by atoms with Crippen molar-refractivity contribution < 1.29 is 34.2 Å². The summed E-state index contributed by atoms with van der Waals surface area (Å²) in [5, 5.41) is 30.3. The van der Waals surface area contributed by atoms with E-state index >= 15 is 0 Å². The minimum absolute atomic E-state index is 0.0628. The fourth-order valence-electron chi connectivity index (χ4n) is 4.66. The van der Waals surface area contributed by atoms with E-state index in [1.165, 1.54) is 12.5 Å². The molecule has 3 amide bonds. The minimum Gasteiger partial charge on any atom is -0.481 e. The Morgan fingerprint density at radius 2 is 1.70 bits per heavy atom. The number of carboxylic acid groups (broad SMARTS) is 2. The van der Waals surface area contributed by atoms with Gasteiger partial charge in [0, 0.05) is 41.8 Å². The van der Waals surface area contributed by atoms with E-state index in [9.17, 15) is 34.2 Å². The lowest BCUT2D eigenvalue weighted by molar-refractivity contribution is -0.143. The highest BCUT2D eigenvalue weighted by Gasteiger charge is 2.33. The lowest BCUT2D eigenvalue weighted by Crippen LogP contribution is -2.58. The van der Waals surface area contributed by atoms with E-state index in [1.54, 1.807) is 6.20 Å². The summed E-state index contributed by atoms with van der Waals surface area (Å²) in [6, 6.07) is 2.80. The Hall–Kier alpha value is -4.72. The van der Waals surface area contributed by atoms with Gasteiger partial charge < -0.3 is 41.4 Å². The summed E-state index contributed by atoms with van der Waals surface area (Å²) in [5.74, 6) is -4.89. The number of para-hydroxylation sites is 1. The zero-order chi connectivity index (χ0) is 28.6. The number of amides is 3. The predicted molar refractivity (Wildman–Crippen MR) is 141 cm³/mol. The first-order valence-corrected chi connectivity index (χ1v) is 12.8. The molecular weight excluding hydrogens is 522 g/mol. The Morgan fingerprint density at radius 3 is 2.38 bits per heavy atom. The molecule has 0 bridgehead atoms. The van der Waals surface area contributed by atoms with Gasteiger partial charge in [0.2, 0.25) is 17.7 Å². The molecule has 14 heteroatoms. The van der Waals surface area contributed by atoms with Crippen molar-refractivity contribution in [3.63, 3.8) is 0 Å². The summed E-state index contributed by atoms with van der Waals surface area (Å²) in [6.07, 6.45) is 5.01. The molecule has 1 aliphatic rings. The van der Waals surface area contributed by atoms with Crippen molar-refractivity contribution in [2.75, 3.05) is 6.54 Å². The monoisotopic (exact) mass is 553 g/mol. The highest BCUT2D eigenvalue weighted by atomic mass is 16.4. The third-order valence-electron chi connectivity index (χ3n) is 6.71. The standard InChI is InChI=1S/C26H31N7O7/c34-22(35)10-20(25(38)33-21(26(39)40)9-15-12-27-13-30-15)32-24(37)19(31-23(36)18-6-3-7-28-18)8-14-11-29-17-5-2-1-4-16(14)17/h1-2,4-5,11-13,18-21,28-29H,3,6-10H2,(H,27,30)(H,31,36)(H,32,37)(H,33,38)(H,34,35)(H,39,40). The Morgan fingerprint density at radius 1 is 0.950 bits per heavy atom. The van der Waals surface area contributed by atoms with E-state index in [-0.39, 0.29) is 18.7 Å². The summed E-state index contributed by atoms with van der Waals surface area (Å²) >= 11 is 0. The number of aliphatic carboxylic acids is 2. The van der Waals surface area contributed by atoms with E-state index in [4.69, 9.17) is 0 Å². The molecule has 14 nitrogen and oxygen atoms in total. The summed E-state index contributed by atoms with van der Waals surface area (Å²) < 4.78 is 0. The van der Waals surface area contributed by atoms with Gasteiger partial charge in [-0.25, -0.2) is 9.78 Å². The molecule has 2 aromatic heterocycles. The van der Waals surface area contributed by atoms with Crippen molar-refractivity contribution in [3.05, 3.63) is 54.2 Å². The molecule has 1 fully saturated rings. The first kappa shape index (κ1) is 28.3. The molecule has 3 aromatic rings. The maximum absolute atomic E-state index is 13.5. The summed E-state index contributed by atoms with van der Waals surface area (Å²) in [5.41, 5.74) is 2.01. The number of rotatable bonds is 13. The molecule has 4 unspecified atom stereocenters. The second-order valence-electron chi connectivity index (χ2n) is 9.61. The second-order valence-corrected chi connectivity index (χ2v) is 9.61. The van der Waals surface area contributed by atoms with Crippen LogP contribution in [0.25, 0.3) is 10.9 Å². The summed E-state index contributed by atoms with van der Waals surface area (Å²) in [6.45, 7) is 0.668. The number of aromatic amines is 2. The zero-order valence-corrected chi connectivity index (χ0v) is 21.5. The average Bonchev–Trinajstić information content (AvgIpc) is 3.70. The molecule has 0 aliphatic carbocycles. The number of aromatic nitrogens is 3. The van der Waals surface area contributed by atoms with Crippen LogP contribution in [0.2, 0.25) is 0 Å². The van der Waals surface area contributed by atoms with E-state index in [0.717, 1.165) is 22.9 Å². The Bertz CT molecular complexity index is 1360. The van der Waals surface area contributed by atoms with Gasteiger partial charge >= 0.3 is 11.9 Å². The lowest BCUT2D eigenvalue weighted by Gasteiger charge is -2.24. The molecule has 0 radical (unpaired) electrons. The van der Waals surface area contributed by atoms with Crippen LogP contribution >= 0.6 is 0 Å². The van der Waals surface area contributed by atoms with Crippen molar-refractivity contribution >= 4 is 40.6 Å². The van der Waals surface area contributed by atoms with Crippen molar-refractivity contribution in [2.24, 2.45) is 0 Å². The number of nitrogens with zero attached hydrogens (tertiary/aromatic N) is 1. The van der Waals surface area contributed by atoms with Gasteiger partial charge in [-0.2, -0.15) is 0 Å².